The minimum absolute atomic E-state index is 0.219. The standard InChI is InChI=1S/C22H21ClN2O4S/c1-27-19-12-16(4-7-18(19)29-14-15-2-5-17(23)6-3-15)13-20-21(26)24-22(30-20)25-8-10-28-11-9-25/h2-7,12-13H,8-11,14H2,1H3. The van der Waals surface area contributed by atoms with Gasteiger partial charge in [-0.3, -0.25) is 4.79 Å². The molecule has 30 heavy (non-hydrogen) atoms. The molecule has 0 unspecified atom stereocenters. The van der Waals surface area contributed by atoms with Crippen molar-refractivity contribution in [2.24, 2.45) is 4.99 Å². The molecule has 6 nitrogen and oxygen atoms in total. The van der Waals surface area contributed by atoms with Crippen molar-refractivity contribution in [2.45, 2.75) is 6.61 Å². The van der Waals surface area contributed by atoms with Gasteiger partial charge < -0.3 is 19.1 Å². The molecule has 2 aliphatic rings. The smallest absolute Gasteiger partial charge is 0.286 e. The second-order valence-electron chi connectivity index (χ2n) is 6.74. The highest BCUT2D eigenvalue weighted by molar-refractivity contribution is 8.18. The number of methoxy groups -OCH3 is 1. The van der Waals surface area contributed by atoms with E-state index in [-0.39, 0.29) is 5.91 Å². The highest BCUT2D eigenvalue weighted by Gasteiger charge is 2.27. The van der Waals surface area contributed by atoms with Gasteiger partial charge in [0.2, 0.25) is 0 Å². The molecule has 4 rings (SSSR count). The zero-order valence-corrected chi connectivity index (χ0v) is 18.0. The lowest BCUT2D eigenvalue weighted by Crippen LogP contribution is -2.38. The fraction of sp³-hybridized carbons (Fsp3) is 0.273. The van der Waals surface area contributed by atoms with Crippen molar-refractivity contribution < 1.29 is 19.0 Å². The van der Waals surface area contributed by atoms with Crippen molar-refractivity contribution in [2.75, 3.05) is 33.4 Å². The largest absolute Gasteiger partial charge is 0.493 e. The van der Waals surface area contributed by atoms with Crippen LogP contribution in [0.3, 0.4) is 0 Å². The predicted molar refractivity (Wildman–Crippen MR) is 119 cm³/mol. The second kappa shape index (κ2) is 9.55. The van der Waals surface area contributed by atoms with Crippen LogP contribution in [-0.2, 0) is 16.1 Å². The lowest BCUT2D eigenvalue weighted by Gasteiger charge is -2.27. The van der Waals surface area contributed by atoms with Gasteiger partial charge in [-0.2, -0.15) is 4.99 Å². The summed E-state index contributed by atoms with van der Waals surface area (Å²) >= 11 is 7.31. The maximum Gasteiger partial charge on any atom is 0.286 e. The molecule has 0 saturated carbocycles. The van der Waals surface area contributed by atoms with Crippen LogP contribution in [0.2, 0.25) is 5.02 Å². The molecule has 0 radical (unpaired) electrons. The molecule has 8 heteroatoms. The number of amides is 1. The number of thioether (sulfide) groups is 1. The van der Waals surface area contributed by atoms with Crippen LogP contribution in [0.1, 0.15) is 11.1 Å². The lowest BCUT2D eigenvalue weighted by molar-refractivity contribution is -0.113. The molecule has 0 N–H and O–H groups in total. The Labute approximate surface area is 184 Å². The van der Waals surface area contributed by atoms with Gasteiger partial charge >= 0.3 is 0 Å². The van der Waals surface area contributed by atoms with Gasteiger partial charge in [0.05, 0.1) is 25.2 Å². The molecule has 1 fully saturated rings. The van der Waals surface area contributed by atoms with Crippen molar-refractivity contribution in [1.29, 1.82) is 0 Å². The van der Waals surface area contributed by atoms with E-state index in [0.717, 1.165) is 29.4 Å². The van der Waals surface area contributed by atoms with Gasteiger partial charge in [0.25, 0.3) is 5.91 Å². The fourth-order valence-corrected chi connectivity index (χ4v) is 4.17. The highest BCUT2D eigenvalue weighted by atomic mass is 35.5. The quantitative estimate of drug-likeness (QED) is 0.643. The van der Waals surface area contributed by atoms with Gasteiger partial charge in [-0.25, -0.2) is 0 Å². The third-order valence-corrected chi connectivity index (χ3v) is 5.98. The van der Waals surface area contributed by atoms with E-state index in [9.17, 15) is 4.79 Å². The van der Waals surface area contributed by atoms with Crippen LogP contribution in [0.4, 0.5) is 0 Å². The van der Waals surface area contributed by atoms with Gasteiger partial charge in [0.1, 0.15) is 6.61 Å². The van der Waals surface area contributed by atoms with E-state index in [0.29, 0.717) is 41.2 Å². The summed E-state index contributed by atoms with van der Waals surface area (Å²) in [5.74, 6) is 1.01. The van der Waals surface area contributed by atoms with Crippen molar-refractivity contribution in [1.82, 2.24) is 4.90 Å². The molecular weight excluding hydrogens is 424 g/mol. The maximum atomic E-state index is 12.3. The Bertz CT molecular complexity index is 985. The Kier molecular flexibility index (Phi) is 6.62. The first kappa shape index (κ1) is 20.8. The number of benzene rings is 2. The Balaban J connectivity index is 1.44. The number of morpholine rings is 1. The van der Waals surface area contributed by atoms with Crippen LogP contribution in [0.25, 0.3) is 6.08 Å². The molecule has 0 bridgehead atoms. The second-order valence-corrected chi connectivity index (χ2v) is 8.18. The molecule has 0 aliphatic carbocycles. The predicted octanol–water partition coefficient (Wildman–Crippen LogP) is 4.23. The average Bonchev–Trinajstić information content (AvgIpc) is 3.14. The molecule has 156 valence electrons. The van der Waals surface area contributed by atoms with E-state index in [1.54, 1.807) is 7.11 Å². The van der Waals surface area contributed by atoms with E-state index in [1.807, 2.05) is 48.5 Å². The molecule has 1 amide bonds. The molecule has 0 spiro atoms. The molecule has 0 atom stereocenters. The van der Waals surface area contributed by atoms with Gasteiger partial charge in [0, 0.05) is 18.1 Å². The van der Waals surface area contributed by atoms with E-state index >= 15 is 0 Å². The normalized spacial score (nSPS) is 17.9. The summed E-state index contributed by atoms with van der Waals surface area (Å²) < 4.78 is 16.7. The van der Waals surface area contributed by atoms with Crippen molar-refractivity contribution in [3.63, 3.8) is 0 Å². The first-order valence-corrected chi connectivity index (χ1v) is 10.7. The molecule has 0 aromatic heterocycles. The SMILES string of the molecule is COc1cc(C=C2SC(N3CCOCC3)=NC2=O)ccc1OCc1ccc(Cl)cc1. The third-order valence-electron chi connectivity index (χ3n) is 4.68. The van der Waals surface area contributed by atoms with Gasteiger partial charge in [-0.05, 0) is 53.2 Å². The van der Waals surface area contributed by atoms with Crippen LogP contribution >= 0.6 is 23.4 Å². The Hall–Kier alpha value is -2.48. The van der Waals surface area contributed by atoms with Crippen molar-refractivity contribution in [3.05, 3.63) is 63.5 Å². The van der Waals surface area contributed by atoms with E-state index in [4.69, 9.17) is 25.8 Å². The molecule has 2 aromatic rings. The maximum absolute atomic E-state index is 12.3. The molecule has 2 heterocycles. The van der Waals surface area contributed by atoms with Crippen LogP contribution in [0.15, 0.2) is 52.4 Å². The van der Waals surface area contributed by atoms with Gasteiger partial charge in [0.15, 0.2) is 16.7 Å². The number of aliphatic imine (C=N–C) groups is 1. The van der Waals surface area contributed by atoms with Crippen LogP contribution in [-0.4, -0.2) is 49.4 Å². The van der Waals surface area contributed by atoms with E-state index in [1.165, 1.54) is 11.8 Å². The first-order valence-electron chi connectivity index (χ1n) is 9.53. The average molecular weight is 445 g/mol. The number of amidine groups is 1. The van der Waals surface area contributed by atoms with Crippen molar-refractivity contribution >= 4 is 40.5 Å². The van der Waals surface area contributed by atoms with Crippen LogP contribution in [0, 0.1) is 0 Å². The monoisotopic (exact) mass is 444 g/mol. The zero-order chi connectivity index (χ0) is 20.9. The minimum atomic E-state index is -0.219. The van der Waals surface area contributed by atoms with E-state index < -0.39 is 0 Å². The van der Waals surface area contributed by atoms with E-state index in [2.05, 4.69) is 9.89 Å². The number of carbonyl (C=O) groups is 1. The highest BCUT2D eigenvalue weighted by Crippen LogP contribution is 2.34. The zero-order valence-electron chi connectivity index (χ0n) is 16.5. The molecule has 2 aromatic carbocycles. The summed E-state index contributed by atoms with van der Waals surface area (Å²) in [7, 11) is 1.59. The Morgan fingerprint density at radius 1 is 1.17 bits per heavy atom. The summed E-state index contributed by atoms with van der Waals surface area (Å²) in [6.45, 7) is 3.21. The number of ether oxygens (including phenoxy) is 3. The fourth-order valence-electron chi connectivity index (χ4n) is 3.07. The Morgan fingerprint density at radius 3 is 2.67 bits per heavy atom. The number of nitrogens with zero attached hydrogens (tertiary/aromatic N) is 2. The topological polar surface area (TPSA) is 60.4 Å². The number of hydrogen-bond acceptors (Lipinski definition) is 6. The third kappa shape index (κ3) is 4.98. The molecule has 2 aliphatic heterocycles. The Morgan fingerprint density at radius 2 is 1.93 bits per heavy atom. The van der Waals surface area contributed by atoms with Crippen molar-refractivity contribution in [3.8, 4) is 11.5 Å². The summed E-state index contributed by atoms with van der Waals surface area (Å²) in [5.41, 5.74) is 1.85. The van der Waals surface area contributed by atoms with Gasteiger partial charge in [-0.15, -0.1) is 0 Å². The number of rotatable bonds is 5. The van der Waals surface area contributed by atoms with Crippen LogP contribution in [0.5, 0.6) is 11.5 Å². The minimum Gasteiger partial charge on any atom is -0.493 e. The number of hydrogen-bond donors (Lipinski definition) is 0. The summed E-state index contributed by atoms with van der Waals surface area (Å²) in [4.78, 5) is 19.2. The molecular formula is C22H21ClN2O4S. The number of carbonyl (C=O) groups excluding carboxylic acids is 1. The summed E-state index contributed by atoms with van der Waals surface area (Å²) in [6.07, 6.45) is 1.83. The summed E-state index contributed by atoms with van der Waals surface area (Å²) in [5, 5.41) is 1.43. The van der Waals surface area contributed by atoms with Crippen LogP contribution < -0.4 is 9.47 Å². The number of halogens is 1. The van der Waals surface area contributed by atoms with Gasteiger partial charge in [-0.1, -0.05) is 29.8 Å². The first-order chi connectivity index (χ1) is 14.6. The summed E-state index contributed by atoms with van der Waals surface area (Å²) in [6, 6.07) is 13.1. The lowest BCUT2D eigenvalue weighted by atomic mass is 10.2. The molecule has 1 saturated heterocycles.